The van der Waals surface area contributed by atoms with Crippen molar-refractivity contribution < 1.29 is 0 Å². The number of hydrogen-bond donors (Lipinski definition) is 1. The fourth-order valence-electron chi connectivity index (χ4n) is 2.13. The highest BCUT2D eigenvalue weighted by Crippen LogP contribution is 2.26. The molecule has 0 amide bonds. The maximum absolute atomic E-state index is 5.51. The molecule has 2 N–H and O–H groups in total. The maximum Gasteiger partial charge on any atom is -0.00742 e. The van der Waals surface area contributed by atoms with Crippen LogP contribution < -0.4 is 5.73 Å². The zero-order chi connectivity index (χ0) is 9.52. The molecule has 0 aliphatic heterocycles. The third-order valence-corrected chi connectivity index (χ3v) is 3.07. The van der Waals surface area contributed by atoms with Gasteiger partial charge >= 0.3 is 0 Å². The van der Waals surface area contributed by atoms with Crippen molar-refractivity contribution in [3.05, 3.63) is 11.1 Å². The Morgan fingerprint density at radius 3 is 2.31 bits per heavy atom. The number of allylic oxidation sites excluding steroid dienone is 2. The maximum atomic E-state index is 5.51. The second-order valence-corrected chi connectivity index (χ2v) is 4.19. The molecule has 1 fully saturated rings. The molecular formula is C12H23N. The third-order valence-electron chi connectivity index (χ3n) is 3.07. The van der Waals surface area contributed by atoms with Crippen LogP contribution in [0.3, 0.4) is 0 Å². The SMILES string of the molecule is CC(CCCN)=C1CCCCCC1. The second-order valence-electron chi connectivity index (χ2n) is 4.19. The predicted molar refractivity (Wildman–Crippen MR) is 58.7 cm³/mol. The van der Waals surface area contributed by atoms with Crippen LogP contribution >= 0.6 is 0 Å². The zero-order valence-corrected chi connectivity index (χ0v) is 8.94. The largest absolute Gasteiger partial charge is 0.330 e. The van der Waals surface area contributed by atoms with E-state index in [0.717, 1.165) is 13.0 Å². The van der Waals surface area contributed by atoms with Crippen molar-refractivity contribution >= 4 is 0 Å². The molecule has 1 saturated carbocycles. The Bertz CT molecular complexity index is 160. The smallest absolute Gasteiger partial charge is 0.00742 e. The molecule has 76 valence electrons. The standard InChI is InChI=1S/C12H23N/c1-11(7-6-10-13)12-8-4-2-3-5-9-12/h2-10,13H2,1H3. The van der Waals surface area contributed by atoms with E-state index >= 15 is 0 Å². The van der Waals surface area contributed by atoms with Crippen LogP contribution in [-0.2, 0) is 0 Å². The van der Waals surface area contributed by atoms with Gasteiger partial charge in [-0.1, -0.05) is 24.0 Å². The molecule has 13 heavy (non-hydrogen) atoms. The van der Waals surface area contributed by atoms with Crippen molar-refractivity contribution in [2.24, 2.45) is 5.73 Å². The molecule has 0 aromatic heterocycles. The molecule has 0 bridgehead atoms. The van der Waals surface area contributed by atoms with Gasteiger partial charge in [-0.05, 0) is 52.0 Å². The average Bonchev–Trinajstić information content (AvgIpc) is 2.42. The Morgan fingerprint density at radius 1 is 1.15 bits per heavy atom. The van der Waals surface area contributed by atoms with E-state index < -0.39 is 0 Å². The molecule has 1 rings (SSSR count). The van der Waals surface area contributed by atoms with E-state index in [-0.39, 0.29) is 0 Å². The lowest BCUT2D eigenvalue weighted by atomic mass is 9.99. The molecule has 0 atom stereocenters. The summed E-state index contributed by atoms with van der Waals surface area (Å²) in [4.78, 5) is 0. The Balaban J connectivity index is 2.43. The monoisotopic (exact) mass is 181 g/mol. The van der Waals surface area contributed by atoms with Gasteiger partial charge in [0.1, 0.15) is 0 Å². The Hall–Kier alpha value is -0.300. The molecular weight excluding hydrogens is 158 g/mol. The Kier molecular flexibility index (Phi) is 5.14. The van der Waals surface area contributed by atoms with Crippen LogP contribution in [0.5, 0.6) is 0 Å². The van der Waals surface area contributed by atoms with E-state index in [2.05, 4.69) is 6.92 Å². The van der Waals surface area contributed by atoms with Gasteiger partial charge in [0.05, 0.1) is 0 Å². The second kappa shape index (κ2) is 6.20. The molecule has 0 saturated heterocycles. The first-order valence-corrected chi connectivity index (χ1v) is 5.72. The summed E-state index contributed by atoms with van der Waals surface area (Å²) in [5, 5.41) is 0. The predicted octanol–water partition coefficient (Wildman–Crippen LogP) is 3.40. The molecule has 0 spiro atoms. The molecule has 1 aliphatic carbocycles. The topological polar surface area (TPSA) is 26.0 Å². The van der Waals surface area contributed by atoms with E-state index in [4.69, 9.17) is 5.73 Å². The van der Waals surface area contributed by atoms with Crippen molar-refractivity contribution in [3.8, 4) is 0 Å². The van der Waals surface area contributed by atoms with Crippen molar-refractivity contribution in [1.82, 2.24) is 0 Å². The number of nitrogens with two attached hydrogens (primary N) is 1. The van der Waals surface area contributed by atoms with Crippen LogP contribution in [0.25, 0.3) is 0 Å². The lowest BCUT2D eigenvalue weighted by molar-refractivity contribution is 0.702. The molecule has 0 aromatic carbocycles. The van der Waals surface area contributed by atoms with Gasteiger partial charge in [0.15, 0.2) is 0 Å². The zero-order valence-electron chi connectivity index (χ0n) is 8.94. The van der Waals surface area contributed by atoms with Gasteiger partial charge in [0, 0.05) is 0 Å². The summed E-state index contributed by atoms with van der Waals surface area (Å²) in [6.45, 7) is 3.14. The first-order valence-electron chi connectivity index (χ1n) is 5.72. The molecule has 0 aromatic rings. The fourth-order valence-corrected chi connectivity index (χ4v) is 2.13. The van der Waals surface area contributed by atoms with Crippen molar-refractivity contribution in [2.45, 2.75) is 58.3 Å². The molecule has 0 radical (unpaired) electrons. The van der Waals surface area contributed by atoms with Gasteiger partial charge in [0.2, 0.25) is 0 Å². The van der Waals surface area contributed by atoms with Crippen LogP contribution in [-0.4, -0.2) is 6.54 Å². The minimum atomic E-state index is 0.838. The van der Waals surface area contributed by atoms with Gasteiger partial charge in [-0.25, -0.2) is 0 Å². The fraction of sp³-hybridized carbons (Fsp3) is 0.833. The summed E-state index contributed by atoms with van der Waals surface area (Å²) in [6.07, 6.45) is 10.8. The summed E-state index contributed by atoms with van der Waals surface area (Å²) in [6, 6.07) is 0. The third kappa shape index (κ3) is 3.95. The van der Waals surface area contributed by atoms with Gasteiger partial charge in [-0.3, -0.25) is 0 Å². The quantitative estimate of drug-likeness (QED) is 0.524. The van der Waals surface area contributed by atoms with Crippen molar-refractivity contribution in [2.75, 3.05) is 6.54 Å². The number of hydrogen-bond acceptors (Lipinski definition) is 1. The highest BCUT2D eigenvalue weighted by Gasteiger charge is 2.06. The lowest BCUT2D eigenvalue weighted by Crippen LogP contribution is -1.99. The molecule has 0 heterocycles. The highest BCUT2D eigenvalue weighted by atomic mass is 14.5. The summed E-state index contributed by atoms with van der Waals surface area (Å²) < 4.78 is 0. The van der Waals surface area contributed by atoms with E-state index in [9.17, 15) is 0 Å². The highest BCUT2D eigenvalue weighted by molar-refractivity contribution is 5.12. The van der Waals surface area contributed by atoms with Gasteiger partial charge in [-0.15, -0.1) is 0 Å². The molecule has 1 heteroatoms. The molecule has 0 unspecified atom stereocenters. The Morgan fingerprint density at radius 2 is 1.77 bits per heavy atom. The first-order chi connectivity index (χ1) is 6.34. The van der Waals surface area contributed by atoms with Crippen LogP contribution in [0, 0.1) is 0 Å². The summed E-state index contributed by atoms with van der Waals surface area (Å²) in [5.74, 6) is 0. The Labute approximate surface area is 82.4 Å². The van der Waals surface area contributed by atoms with Gasteiger partial charge in [-0.2, -0.15) is 0 Å². The summed E-state index contributed by atoms with van der Waals surface area (Å²) >= 11 is 0. The first kappa shape index (κ1) is 10.8. The minimum absolute atomic E-state index is 0.838. The van der Waals surface area contributed by atoms with Crippen LogP contribution in [0.1, 0.15) is 58.3 Å². The summed E-state index contributed by atoms with van der Waals surface area (Å²) in [7, 11) is 0. The van der Waals surface area contributed by atoms with E-state index in [1.165, 1.54) is 44.9 Å². The van der Waals surface area contributed by atoms with Crippen LogP contribution in [0.15, 0.2) is 11.1 Å². The minimum Gasteiger partial charge on any atom is -0.330 e. The molecule has 1 aliphatic rings. The van der Waals surface area contributed by atoms with Gasteiger partial charge < -0.3 is 5.73 Å². The lowest BCUT2D eigenvalue weighted by Gasteiger charge is -2.08. The van der Waals surface area contributed by atoms with Crippen LogP contribution in [0.2, 0.25) is 0 Å². The van der Waals surface area contributed by atoms with Gasteiger partial charge in [0.25, 0.3) is 0 Å². The van der Waals surface area contributed by atoms with Crippen molar-refractivity contribution in [1.29, 1.82) is 0 Å². The molecule has 1 nitrogen and oxygen atoms in total. The van der Waals surface area contributed by atoms with E-state index in [0.29, 0.717) is 0 Å². The van der Waals surface area contributed by atoms with E-state index in [1.54, 1.807) is 11.1 Å². The number of rotatable bonds is 3. The van der Waals surface area contributed by atoms with Crippen molar-refractivity contribution in [3.63, 3.8) is 0 Å². The summed E-state index contributed by atoms with van der Waals surface area (Å²) in [5.41, 5.74) is 8.89. The average molecular weight is 181 g/mol. The normalized spacial score (nSPS) is 18.5. The van der Waals surface area contributed by atoms with Crippen LogP contribution in [0.4, 0.5) is 0 Å². The van der Waals surface area contributed by atoms with E-state index in [1.807, 2.05) is 0 Å².